The molecule has 0 spiro atoms. The molecule has 0 saturated carbocycles. The Balaban J connectivity index is 3.08. The van der Waals surface area contributed by atoms with Crippen molar-refractivity contribution < 1.29 is 19.7 Å². The Morgan fingerprint density at radius 1 is 1.59 bits per heavy atom. The van der Waals surface area contributed by atoms with Crippen molar-refractivity contribution in [2.45, 2.75) is 6.04 Å². The highest BCUT2D eigenvalue weighted by molar-refractivity contribution is 5.74. The van der Waals surface area contributed by atoms with E-state index in [4.69, 9.17) is 20.8 Å². The molecule has 1 aromatic carbocycles. The fourth-order valence-corrected chi connectivity index (χ4v) is 1.38. The number of ether oxygens (including phenoxy) is 1. The normalized spacial score (nSPS) is 13.5. The highest BCUT2D eigenvalue weighted by Crippen LogP contribution is 2.30. The number of nitriles is 1. The molecule has 6 heteroatoms. The van der Waals surface area contributed by atoms with Crippen molar-refractivity contribution in [3.05, 3.63) is 23.8 Å². The molecule has 2 unspecified atom stereocenters. The second-order valence-corrected chi connectivity index (χ2v) is 3.40. The molecular weight excluding hydrogens is 224 g/mol. The fourth-order valence-electron chi connectivity index (χ4n) is 1.38. The molecule has 0 aliphatic carbocycles. The zero-order valence-electron chi connectivity index (χ0n) is 9.12. The molecule has 17 heavy (non-hydrogen) atoms. The minimum Gasteiger partial charge on any atom is -0.504 e. The van der Waals surface area contributed by atoms with Gasteiger partial charge in [-0.3, -0.25) is 4.79 Å². The Labute approximate surface area is 97.9 Å². The molecule has 4 N–H and O–H groups in total. The molecule has 0 heterocycles. The maximum atomic E-state index is 10.8. The van der Waals surface area contributed by atoms with E-state index in [1.165, 1.54) is 25.3 Å². The number of aromatic hydroxyl groups is 1. The molecule has 6 nitrogen and oxygen atoms in total. The summed E-state index contributed by atoms with van der Waals surface area (Å²) in [6.07, 6.45) is 0. The Hall–Kier alpha value is -2.26. The van der Waals surface area contributed by atoms with Crippen LogP contribution in [0.5, 0.6) is 11.5 Å². The number of carboxylic acid groups (broad SMARTS) is 1. The summed E-state index contributed by atoms with van der Waals surface area (Å²) >= 11 is 0. The summed E-state index contributed by atoms with van der Waals surface area (Å²) < 4.78 is 4.87. The molecule has 1 aromatic rings. The number of phenols is 1. The van der Waals surface area contributed by atoms with Crippen molar-refractivity contribution >= 4 is 5.97 Å². The molecule has 0 saturated heterocycles. The van der Waals surface area contributed by atoms with Crippen LogP contribution in [-0.4, -0.2) is 23.3 Å². The molecule has 0 aromatic heterocycles. The molecule has 0 amide bonds. The average molecular weight is 236 g/mol. The maximum Gasteiger partial charge on any atom is 0.322 e. The van der Waals surface area contributed by atoms with E-state index in [0.717, 1.165) is 0 Å². The number of carboxylic acids is 1. The summed E-state index contributed by atoms with van der Waals surface area (Å²) in [6.45, 7) is 0. The topological polar surface area (TPSA) is 117 Å². The lowest BCUT2D eigenvalue weighted by atomic mass is 9.95. The fraction of sp³-hybridized carbons (Fsp3) is 0.273. The predicted molar refractivity (Wildman–Crippen MR) is 58.3 cm³/mol. The quantitative estimate of drug-likeness (QED) is 0.705. The molecule has 0 radical (unpaired) electrons. The third-order valence-electron chi connectivity index (χ3n) is 2.35. The van der Waals surface area contributed by atoms with E-state index in [1.807, 2.05) is 0 Å². The number of carbonyl (C=O) groups is 1. The van der Waals surface area contributed by atoms with E-state index < -0.39 is 17.9 Å². The van der Waals surface area contributed by atoms with Crippen molar-refractivity contribution in [3.8, 4) is 17.6 Å². The molecular formula is C11H12N2O4. The second kappa shape index (κ2) is 5.18. The first-order valence-electron chi connectivity index (χ1n) is 4.76. The third kappa shape index (κ3) is 2.65. The number of benzene rings is 1. The van der Waals surface area contributed by atoms with E-state index in [2.05, 4.69) is 0 Å². The van der Waals surface area contributed by atoms with Crippen LogP contribution in [0.3, 0.4) is 0 Å². The standard InChI is InChI=1S/C11H12N2O4/c1-17-9-4-6(2-3-8(9)14)10(13)7(5-12)11(15)16/h2-4,7,10,14H,13H2,1H3,(H,15,16). The van der Waals surface area contributed by atoms with E-state index in [1.54, 1.807) is 6.07 Å². The van der Waals surface area contributed by atoms with Gasteiger partial charge in [0.05, 0.1) is 19.2 Å². The van der Waals surface area contributed by atoms with Crippen LogP contribution in [0.15, 0.2) is 18.2 Å². The van der Waals surface area contributed by atoms with Crippen molar-refractivity contribution in [2.24, 2.45) is 11.7 Å². The molecule has 0 aliphatic rings. The summed E-state index contributed by atoms with van der Waals surface area (Å²) in [6, 6.07) is 4.85. The number of methoxy groups -OCH3 is 1. The zero-order chi connectivity index (χ0) is 13.0. The highest BCUT2D eigenvalue weighted by Gasteiger charge is 2.26. The number of hydrogen-bond acceptors (Lipinski definition) is 5. The van der Waals surface area contributed by atoms with Crippen LogP contribution < -0.4 is 10.5 Å². The molecule has 0 fully saturated rings. The number of phenolic OH excluding ortho intramolecular Hbond substituents is 1. The lowest BCUT2D eigenvalue weighted by Gasteiger charge is -2.15. The van der Waals surface area contributed by atoms with E-state index in [-0.39, 0.29) is 11.5 Å². The van der Waals surface area contributed by atoms with Gasteiger partial charge in [0.1, 0.15) is 0 Å². The van der Waals surface area contributed by atoms with Crippen LogP contribution in [0.4, 0.5) is 0 Å². The first-order valence-corrected chi connectivity index (χ1v) is 4.76. The van der Waals surface area contributed by atoms with Crippen LogP contribution >= 0.6 is 0 Å². The van der Waals surface area contributed by atoms with Crippen molar-refractivity contribution in [2.75, 3.05) is 7.11 Å². The maximum absolute atomic E-state index is 10.8. The van der Waals surface area contributed by atoms with E-state index in [0.29, 0.717) is 5.56 Å². The average Bonchev–Trinajstić information content (AvgIpc) is 2.29. The Bertz CT molecular complexity index is 467. The molecule has 1 rings (SSSR count). The summed E-state index contributed by atoms with van der Waals surface area (Å²) in [4.78, 5) is 10.8. The monoisotopic (exact) mass is 236 g/mol. The van der Waals surface area contributed by atoms with Crippen molar-refractivity contribution in [1.29, 1.82) is 5.26 Å². The van der Waals surface area contributed by atoms with Gasteiger partial charge in [-0.1, -0.05) is 6.07 Å². The lowest BCUT2D eigenvalue weighted by Crippen LogP contribution is -2.26. The van der Waals surface area contributed by atoms with E-state index >= 15 is 0 Å². The summed E-state index contributed by atoms with van der Waals surface area (Å²) in [5, 5.41) is 26.9. The van der Waals surface area contributed by atoms with Gasteiger partial charge in [0.15, 0.2) is 17.4 Å². The van der Waals surface area contributed by atoms with Crippen LogP contribution in [-0.2, 0) is 4.79 Å². The van der Waals surface area contributed by atoms with Crippen LogP contribution in [0, 0.1) is 17.2 Å². The van der Waals surface area contributed by atoms with Gasteiger partial charge in [-0.15, -0.1) is 0 Å². The highest BCUT2D eigenvalue weighted by atomic mass is 16.5. The zero-order valence-corrected chi connectivity index (χ0v) is 9.12. The van der Waals surface area contributed by atoms with Crippen molar-refractivity contribution in [1.82, 2.24) is 0 Å². The smallest absolute Gasteiger partial charge is 0.322 e. The van der Waals surface area contributed by atoms with Gasteiger partial charge in [-0.05, 0) is 17.7 Å². The Morgan fingerprint density at radius 3 is 2.71 bits per heavy atom. The summed E-state index contributed by atoms with van der Waals surface area (Å²) in [7, 11) is 1.36. The SMILES string of the molecule is COc1cc(C(N)C(C#N)C(=O)O)ccc1O. The van der Waals surface area contributed by atoms with Crippen LogP contribution in [0.25, 0.3) is 0 Å². The molecule has 90 valence electrons. The number of hydrogen-bond donors (Lipinski definition) is 3. The molecule has 2 atom stereocenters. The van der Waals surface area contributed by atoms with Gasteiger partial charge in [-0.2, -0.15) is 5.26 Å². The van der Waals surface area contributed by atoms with Crippen LogP contribution in [0.1, 0.15) is 11.6 Å². The molecule has 0 bridgehead atoms. The minimum atomic E-state index is -1.34. The minimum absolute atomic E-state index is 0.0766. The first-order chi connectivity index (χ1) is 8.01. The number of rotatable bonds is 4. The van der Waals surface area contributed by atoms with Gasteiger partial charge < -0.3 is 20.7 Å². The Kier molecular flexibility index (Phi) is 3.91. The predicted octanol–water partition coefficient (Wildman–Crippen LogP) is 0.625. The Morgan fingerprint density at radius 2 is 2.24 bits per heavy atom. The van der Waals surface area contributed by atoms with Crippen molar-refractivity contribution in [3.63, 3.8) is 0 Å². The third-order valence-corrected chi connectivity index (χ3v) is 2.35. The largest absolute Gasteiger partial charge is 0.504 e. The number of nitrogens with two attached hydrogens (primary N) is 1. The van der Waals surface area contributed by atoms with Crippen LogP contribution in [0.2, 0.25) is 0 Å². The number of nitrogens with zero attached hydrogens (tertiary/aromatic N) is 1. The second-order valence-electron chi connectivity index (χ2n) is 3.40. The van der Waals surface area contributed by atoms with Gasteiger partial charge in [-0.25, -0.2) is 0 Å². The van der Waals surface area contributed by atoms with Gasteiger partial charge in [0.25, 0.3) is 0 Å². The summed E-state index contributed by atoms with van der Waals surface area (Å²) in [5.74, 6) is -2.52. The molecule has 0 aliphatic heterocycles. The lowest BCUT2D eigenvalue weighted by molar-refractivity contribution is -0.140. The van der Waals surface area contributed by atoms with E-state index in [9.17, 15) is 9.90 Å². The summed E-state index contributed by atoms with van der Waals surface area (Å²) in [5.41, 5.74) is 6.09. The van der Waals surface area contributed by atoms with Gasteiger partial charge >= 0.3 is 5.97 Å². The van der Waals surface area contributed by atoms with Gasteiger partial charge in [0.2, 0.25) is 0 Å². The number of aliphatic carboxylic acids is 1. The first kappa shape index (κ1) is 12.8. The van der Waals surface area contributed by atoms with Gasteiger partial charge in [0, 0.05) is 0 Å².